The van der Waals surface area contributed by atoms with Gasteiger partial charge in [-0.1, -0.05) is 6.92 Å². The molecule has 0 spiro atoms. The van der Waals surface area contributed by atoms with E-state index in [-0.39, 0.29) is 0 Å². The van der Waals surface area contributed by atoms with Crippen LogP contribution < -0.4 is 11.1 Å². The zero-order valence-corrected chi connectivity index (χ0v) is 10.6. The SMILES string of the molecule is CCc1cc2c(NC(C)C)nc(N)nc2s1. The number of nitrogens with two attached hydrogens (primary N) is 1. The van der Waals surface area contributed by atoms with Gasteiger partial charge in [0, 0.05) is 10.9 Å². The van der Waals surface area contributed by atoms with Crippen LogP contribution in [0.4, 0.5) is 11.8 Å². The molecule has 0 radical (unpaired) electrons. The number of anilines is 2. The number of nitrogens with one attached hydrogen (secondary N) is 1. The quantitative estimate of drug-likeness (QED) is 0.860. The van der Waals surface area contributed by atoms with Gasteiger partial charge >= 0.3 is 0 Å². The lowest BCUT2D eigenvalue weighted by Gasteiger charge is -2.09. The number of nitrogen functional groups attached to an aromatic ring is 1. The predicted molar refractivity (Wildman–Crippen MR) is 70.0 cm³/mol. The van der Waals surface area contributed by atoms with E-state index in [1.54, 1.807) is 11.3 Å². The van der Waals surface area contributed by atoms with E-state index in [0.717, 1.165) is 22.5 Å². The largest absolute Gasteiger partial charge is 0.368 e. The fraction of sp³-hybridized carbons (Fsp3) is 0.455. The van der Waals surface area contributed by atoms with Crippen LogP contribution in [0, 0.1) is 0 Å². The van der Waals surface area contributed by atoms with Crippen LogP contribution in [0.2, 0.25) is 0 Å². The van der Waals surface area contributed by atoms with Crippen LogP contribution in [0.25, 0.3) is 10.2 Å². The maximum atomic E-state index is 5.70. The van der Waals surface area contributed by atoms with Gasteiger partial charge in [-0.05, 0) is 26.3 Å². The van der Waals surface area contributed by atoms with Crippen molar-refractivity contribution in [3.05, 3.63) is 10.9 Å². The Kier molecular flexibility index (Phi) is 2.96. The summed E-state index contributed by atoms with van der Waals surface area (Å²) in [5, 5.41) is 4.38. The molecule has 0 fully saturated rings. The highest BCUT2D eigenvalue weighted by atomic mass is 32.1. The Labute approximate surface area is 98.9 Å². The summed E-state index contributed by atoms with van der Waals surface area (Å²) in [6, 6.07) is 2.48. The smallest absolute Gasteiger partial charge is 0.223 e. The van der Waals surface area contributed by atoms with Crippen LogP contribution in [0.15, 0.2) is 6.07 Å². The normalized spacial score (nSPS) is 11.2. The number of fused-ring (bicyclic) bond motifs is 1. The second-order valence-electron chi connectivity index (χ2n) is 4.01. The van der Waals surface area contributed by atoms with E-state index < -0.39 is 0 Å². The van der Waals surface area contributed by atoms with Crippen LogP contribution in [0.5, 0.6) is 0 Å². The third-order valence-electron chi connectivity index (χ3n) is 2.23. The molecule has 2 rings (SSSR count). The fourth-order valence-electron chi connectivity index (χ4n) is 1.55. The van der Waals surface area contributed by atoms with Crippen molar-refractivity contribution < 1.29 is 0 Å². The lowest BCUT2D eigenvalue weighted by atomic mass is 10.3. The van der Waals surface area contributed by atoms with Crippen molar-refractivity contribution in [2.45, 2.75) is 33.2 Å². The first-order valence-corrected chi connectivity index (χ1v) is 6.24. The Bertz CT molecular complexity index is 504. The minimum atomic E-state index is 0.333. The van der Waals surface area contributed by atoms with Gasteiger partial charge in [-0.15, -0.1) is 11.3 Å². The Morgan fingerprint density at radius 2 is 2.19 bits per heavy atom. The van der Waals surface area contributed by atoms with Gasteiger partial charge in [-0.3, -0.25) is 0 Å². The van der Waals surface area contributed by atoms with Gasteiger partial charge in [0.15, 0.2) is 0 Å². The molecule has 0 aliphatic carbocycles. The molecule has 0 saturated carbocycles. The molecule has 86 valence electrons. The molecule has 16 heavy (non-hydrogen) atoms. The van der Waals surface area contributed by atoms with Gasteiger partial charge in [-0.2, -0.15) is 4.98 Å². The topological polar surface area (TPSA) is 63.8 Å². The lowest BCUT2D eigenvalue weighted by molar-refractivity contribution is 0.891. The summed E-state index contributed by atoms with van der Waals surface area (Å²) in [6.45, 7) is 6.30. The second-order valence-corrected chi connectivity index (χ2v) is 5.13. The maximum absolute atomic E-state index is 5.70. The number of nitrogens with zero attached hydrogens (tertiary/aromatic N) is 2. The predicted octanol–water partition coefficient (Wildman–Crippen LogP) is 2.66. The number of hydrogen-bond donors (Lipinski definition) is 2. The van der Waals surface area contributed by atoms with Crippen LogP contribution >= 0.6 is 11.3 Å². The highest BCUT2D eigenvalue weighted by Crippen LogP contribution is 2.30. The zero-order valence-electron chi connectivity index (χ0n) is 9.74. The van der Waals surface area contributed by atoms with Crippen molar-refractivity contribution in [2.75, 3.05) is 11.1 Å². The average Bonchev–Trinajstić information content (AvgIpc) is 2.59. The van der Waals surface area contributed by atoms with Gasteiger partial charge in [0.1, 0.15) is 10.6 Å². The maximum Gasteiger partial charge on any atom is 0.223 e. The lowest BCUT2D eigenvalue weighted by Crippen LogP contribution is -2.12. The van der Waals surface area contributed by atoms with Gasteiger partial charge in [0.05, 0.1) is 5.39 Å². The van der Waals surface area contributed by atoms with Crippen molar-refractivity contribution in [1.29, 1.82) is 0 Å². The minimum absolute atomic E-state index is 0.333. The molecular weight excluding hydrogens is 220 g/mol. The zero-order chi connectivity index (χ0) is 11.7. The Balaban J connectivity index is 2.56. The number of rotatable bonds is 3. The van der Waals surface area contributed by atoms with Crippen molar-refractivity contribution in [2.24, 2.45) is 0 Å². The van der Waals surface area contributed by atoms with Crippen LogP contribution in [0.1, 0.15) is 25.6 Å². The van der Waals surface area contributed by atoms with E-state index in [9.17, 15) is 0 Å². The van der Waals surface area contributed by atoms with E-state index in [4.69, 9.17) is 5.73 Å². The molecule has 0 unspecified atom stereocenters. The molecule has 2 aromatic rings. The third-order valence-corrected chi connectivity index (χ3v) is 3.41. The number of hydrogen-bond acceptors (Lipinski definition) is 5. The Hall–Kier alpha value is -1.36. The molecule has 3 N–H and O–H groups in total. The van der Waals surface area contributed by atoms with Gasteiger partial charge in [0.25, 0.3) is 0 Å². The monoisotopic (exact) mass is 236 g/mol. The molecule has 2 heterocycles. The van der Waals surface area contributed by atoms with Crippen LogP contribution in [-0.2, 0) is 6.42 Å². The molecule has 0 aliphatic rings. The number of aryl methyl sites for hydroxylation is 1. The molecule has 0 saturated heterocycles. The van der Waals surface area contributed by atoms with Gasteiger partial charge in [0.2, 0.25) is 5.95 Å². The minimum Gasteiger partial charge on any atom is -0.368 e. The number of aromatic nitrogens is 2. The first-order chi connectivity index (χ1) is 7.60. The average molecular weight is 236 g/mol. The van der Waals surface area contributed by atoms with Crippen molar-refractivity contribution in [3.8, 4) is 0 Å². The van der Waals surface area contributed by atoms with Crippen LogP contribution in [0.3, 0.4) is 0 Å². The molecule has 2 aromatic heterocycles. The van der Waals surface area contributed by atoms with Crippen molar-refractivity contribution >= 4 is 33.3 Å². The third kappa shape index (κ3) is 2.09. The van der Waals surface area contributed by atoms with E-state index in [1.807, 2.05) is 0 Å². The summed E-state index contributed by atoms with van der Waals surface area (Å²) in [5.74, 6) is 1.17. The molecular formula is C11H16N4S. The first kappa shape index (κ1) is 11.1. The highest BCUT2D eigenvalue weighted by molar-refractivity contribution is 7.18. The Morgan fingerprint density at radius 1 is 1.44 bits per heavy atom. The van der Waals surface area contributed by atoms with Crippen molar-refractivity contribution in [1.82, 2.24) is 9.97 Å². The summed E-state index contributed by atoms with van der Waals surface area (Å²) >= 11 is 1.68. The summed E-state index contributed by atoms with van der Waals surface area (Å²) in [4.78, 5) is 10.8. The van der Waals surface area contributed by atoms with E-state index in [1.165, 1.54) is 4.88 Å². The van der Waals surface area contributed by atoms with Crippen LogP contribution in [-0.4, -0.2) is 16.0 Å². The highest BCUT2D eigenvalue weighted by Gasteiger charge is 2.10. The molecule has 4 nitrogen and oxygen atoms in total. The van der Waals surface area contributed by atoms with Gasteiger partial charge in [-0.25, -0.2) is 4.98 Å². The molecule has 0 aromatic carbocycles. The molecule has 0 bridgehead atoms. The summed E-state index contributed by atoms with van der Waals surface area (Å²) in [6.07, 6.45) is 1.02. The second kappa shape index (κ2) is 4.25. The summed E-state index contributed by atoms with van der Waals surface area (Å²) in [5.41, 5.74) is 5.70. The standard InChI is InChI=1S/C11H16N4S/c1-4-7-5-8-9(13-6(2)3)14-11(12)15-10(8)16-7/h5-6H,4H2,1-3H3,(H3,12,13,14,15). The molecule has 5 heteroatoms. The molecule has 0 atom stereocenters. The van der Waals surface area contributed by atoms with Gasteiger partial charge < -0.3 is 11.1 Å². The number of thiophene rings is 1. The van der Waals surface area contributed by atoms with E-state index >= 15 is 0 Å². The van der Waals surface area contributed by atoms with E-state index in [2.05, 4.69) is 42.1 Å². The first-order valence-electron chi connectivity index (χ1n) is 5.42. The summed E-state index contributed by atoms with van der Waals surface area (Å²) in [7, 11) is 0. The molecule has 0 aliphatic heterocycles. The fourth-order valence-corrected chi connectivity index (χ4v) is 2.52. The summed E-state index contributed by atoms with van der Waals surface area (Å²) < 4.78 is 0. The Morgan fingerprint density at radius 3 is 2.81 bits per heavy atom. The van der Waals surface area contributed by atoms with Crippen molar-refractivity contribution in [3.63, 3.8) is 0 Å². The molecule has 0 amide bonds. The van der Waals surface area contributed by atoms with E-state index in [0.29, 0.717) is 12.0 Å².